The number of benzene rings is 2. The van der Waals surface area contributed by atoms with Crippen LogP contribution in [0.25, 0.3) is 0 Å². The number of piperidine rings is 1. The average Bonchev–Trinajstić information content (AvgIpc) is 2.79. The Bertz CT molecular complexity index is 937. The lowest BCUT2D eigenvalue weighted by Gasteiger charge is -2.31. The van der Waals surface area contributed by atoms with Crippen LogP contribution in [0.2, 0.25) is 0 Å². The van der Waals surface area contributed by atoms with Crippen molar-refractivity contribution < 1.29 is 17.9 Å². The highest BCUT2D eigenvalue weighted by molar-refractivity contribution is 7.89. The fourth-order valence-electron chi connectivity index (χ4n) is 3.84. The molecule has 31 heavy (non-hydrogen) atoms. The lowest BCUT2D eigenvalue weighted by molar-refractivity contribution is -0.126. The minimum atomic E-state index is -3.56. The topological polar surface area (TPSA) is 75.7 Å². The Hall–Kier alpha value is -2.38. The number of nitrogens with zero attached hydrogens (tertiary/aromatic N) is 1. The van der Waals surface area contributed by atoms with Gasteiger partial charge in [0.2, 0.25) is 15.9 Å². The third-order valence-electron chi connectivity index (χ3n) is 5.69. The monoisotopic (exact) mass is 444 g/mol. The number of hydrogen-bond acceptors (Lipinski definition) is 4. The molecule has 1 saturated heterocycles. The van der Waals surface area contributed by atoms with Crippen molar-refractivity contribution >= 4 is 15.9 Å². The molecule has 168 valence electrons. The maximum absolute atomic E-state index is 12.9. The zero-order valence-corrected chi connectivity index (χ0v) is 19.1. The van der Waals surface area contributed by atoms with Gasteiger partial charge in [-0.2, -0.15) is 4.31 Å². The van der Waals surface area contributed by atoms with Gasteiger partial charge in [0, 0.05) is 25.0 Å². The average molecular weight is 445 g/mol. The summed E-state index contributed by atoms with van der Waals surface area (Å²) in [6.45, 7) is 5.14. The molecule has 7 heteroatoms. The maximum atomic E-state index is 12.9. The van der Waals surface area contributed by atoms with Crippen molar-refractivity contribution in [2.75, 3.05) is 19.7 Å². The van der Waals surface area contributed by atoms with E-state index in [9.17, 15) is 13.2 Å². The first-order valence-electron chi connectivity index (χ1n) is 11.0. The largest absolute Gasteiger partial charge is 0.494 e. The van der Waals surface area contributed by atoms with Gasteiger partial charge >= 0.3 is 0 Å². The first kappa shape index (κ1) is 23.3. The Morgan fingerprint density at radius 2 is 1.74 bits per heavy atom. The van der Waals surface area contributed by atoms with Crippen LogP contribution in [0.4, 0.5) is 0 Å². The number of ether oxygens (including phenoxy) is 1. The summed E-state index contributed by atoms with van der Waals surface area (Å²) in [6, 6.07) is 16.8. The molecule has 1 fully saturated rings. The van der Waals surface area contributed by atoms with Crippen molar-refractivity contribution in [3.8, 4) is 5.75 Å². The van der Waals surface area contributed by atoms with Gasteiger partial charge in [0.05, 0.1) is 11.5 Å². The SMILES string of the molecule is CCOc1ccc(S(=O)(=O)N2CCC(C(=O)N[C@H](C)CCc3ccccc3)CC2)cc1. The van der Waals surface area contributed by atoms with Gasteiger partial charge in [0.1, 0.15) is 5.75 Å². The summed E-state index contributed by atoms with van der Waals surface area (Å²) in [6.07, 6.45) is 2.86. The Labute approximate surface area is 185 Å². The minimum absolute atomic E-state index is 0.0266. The summed E-state index contributed by atoms with van der Waals surface area (Å²) in [5, 5.41) is 3.10. The molecule has 0 aliphatic carbocycles. The first-order valence-corrected chi connectivity index (χ1v) is 12.4. The van der Waals surface area contributed by atoms with Crippen LogP contribution in [0.3, 0.4) is 0 Å². The molecule has 1 heterocycles. The zero-order chi connectivity index (χ0) is 22.3. The molecule has 1 aliphatic heterocycles. The standard InChI is InChI=1S/C24H32N2O4S/c1-3-30-22-11-13-23(14-12-22)31(28,29)26-17-15-21(16-18-26)24(27)25-19(2)9-10-20-7-5-4-6-8-20/h4-8,11-14,19,21H,3,9-10,15-18H2,1-2H3,(H,25,27)/t19-/m1/s1. The summed E-state index contributed by atoms with van der Waals surface area (Å²) in [5.74, 6) is 0.530. The third-order valence-corrected chi connectivity index (χ3v) is 7.61. The molecular weight excluding hydrogens is 412 g/mol. The number of carbonyl (C=O) groups excluding carboxylic acids is 1. The molecule has 1 atom stereocenters. The lowest BCUT2D eigenvalue weighted by Crippen LogP contribution is -2.44. The maximum Gasteiger partial charge on any atom is 0.243 e. The fraction of sp³-hybridized carbons (Fsp3) is 0.458. The van der Waals surface area contributed by atoms with E-state index in [1.807, 2.05) is 32.0 Å². The molecule has 1 amide bonds. The van der Waals surface area contributed by atoms with Gasteiger partial charge in [-0.3, -0.25) is 4.79 Å². The van der Waals surface area contributed by atoms with Crippen LogP contribution in [0.5, 0.6) is 5.75 Å². The van der Waals surface area contributed by atoms with E-state index in [1.165, 1.54) is 9.87 Å². The van der Waals surface area contributed by atoms with Crippen LogP contribution < -0.4 is 10.1 Å². The van der Waals surface area contributed by atoms with E-state index in [0.29, 0.717) is 38.3 Å². The predicted octanol–water partition coefficient (Wildman–Crippen LogP) is 3.62. The van der Waals surface area contributed by atoms with Crippen molar-refractivity contribution in [2.24, 2.45) is 5.92 Å². The molecule has 0 spiro atoms. The van der Waals surface area contributed by atoms with E-state index in [1.54, 1.807) is 24.3 Å². The Kier molecular flexibility index (Phi) is 8.09. The van der Waals surface area contributed by atoms with E-state index in [4.69, 9.17) is 4.74 Å². The van der Waals surface area contributed by atoms with E-state index >= 15 is 0 Å². The number of carbonyl (C=O) groups is 1. The minimum Gasteiger partial charge on any atom is -0.494 e. The molecule has 2 aromatic rings. The van der Waals surface area contributed by atoms with Gasteiger partial charge in [0.25, 0.3) is 0 Å². The third kappa shape index (κ3) is 6.31. The second-order valence-electron chi connectivity index (χ2n) is 8.02. The number of nitrogens with one attached hydrogen (secondary N) is 1. The molecule has 0 bridgehead atoms. The summed E-state index contributed by atoms with van der Waals surface area (Å²) in [4.78, 5) is 12.9. The summed E-state index contributed by atoms with van der Waals surface area (Å²) >= 11 is 0. The highest BCUT2D eigenvalue weighted by Crippen LogP contribution is 2.25. The summed E-state index contributed by atoms with van der Waals surface area (Å²) in [7, 11) is -3.56. The molecule has 1 N–H and O–H groups in total. The molecule has 0 unspecified atom stereocenters. The molecule has 0 aromatic heterocycles. The van der Waals surface area contributed by atoms with Crippen molar-refractivity contribution in [1.82, 2.24) is 9.62 Å². The van der Waals surface area contributed by atoms with Crippen molar-refractivity contribution in [2.45, 2.75) is 50.5 Å². The van der Waals surface area contributed by atoms with E-state index in [2.05, 4.69) is 17.4 Å². The van der Waals surface area contributed by atoms with Gasteiger partial charge < -0.3 is 10.1 Å². The van der Waals surface area contributed by atoms with Gasteiger partial charge in [-0.25, -0.2) is 8.42 Å². The van der Waals surface area contributed by atoms with Gasteiger partial charge in [-0.1, -0.05) is 30.3 Å². The molecular formula is C24H32N2O4S. The van der Waals surface area contributed by atoms with Crippen LogP contribution in [-0.2, 0) is 21.2 Å². The Morgan fingerprint density at radius 1 is 1.10 bits per heavy atom. The Morgan fingerprint density at radius 3 is 2.35 bits per heavy atom. The van der Waals surface area contributed by atoms with Crippen LogP contribution >= 0.6 is 0 Å². The molecule has 0 saturated carbocycles. The lowest BCUT2D eigenvalue weighted by atomic mass is 9.96. The normalized spacial score (nSPS) is 16.6. The Balaban J connectivity index is 1.48. The number of rotatable bonds is 9. The molecule has 6 nitrogen and oxygen atoms in total. The smallest absolute Gasteiger partial charge is 0.243 e. The molecule has 2 aromatic carbocycles. The highest BCUT2D eigenvalue weighted by Gasteiger charge is 2.32. The molecule has 1 aliphatic rings. The van der Waals surface area contributed by atoms with Gasteiger partial charge in [-0.15, -0.1) is 0 Å². The van der Waals surface area contributed by atoms with E-state index in [0.717, 1.165) is 12.8 Å². The van der Waals surface area contributed by atoms with Crippen molar-refractivity contribution in [3.05, 3.63) is 60.2 Å². The summed E-state index contributed by atoms with van der Waals surface area (Å²) in [5.41, 5.74) is 1.26. The van der Waals surface area contributed by atoms with Crippen molar-refractivity contribution in [3.63, 3.8) is 0 Å². The summed E-state index contributed by atoms with van der Waals surface area (Å²) < 4.78 is 32.7. The molecule has 3 rings (SSSR count). The number of hydrogen-bond donors (Lipinski definition) is 1. The van der Waals surface area contributed by atoms with E-state index in [-0.39, 0.29) is 22.8 Å². The molecule has 0 radical (unpaired) electrons. The van der Waals surface area contributed by atoms with E-state index < -0.39 is 10.0 Å². The number of sulfonamides is 1. The highest BCUT2D eigenvalue weighted by atomic mass is 32.2. The second-order valence-corrected chi connectivity index (χ2v) is 9.95. The first-order chi connectivity index (χ1) is 14.9. The zero-order valence-electron chi connectivity index (χ0n) is 18.3. The second kappa shape index (κ2) is 10.8. The van der Waals surface area contributed by atoms with Crippen LogP contribution in [0.1, 0.15) is 38.7 Å². The fourth-order valence-corrected chi connectivity index (χ4v) is 5.31. The van der Waals surface area contributed by atoms with Crippen molar-refractivity contribution in [1.29, 1.82) is 0 Å². The van der Waals surface area contributed by atoms with Gasteiger partial charge in [-0.05, 0) is 69.4 Å². The number of amides is 1. The quantitative estimate of drug-likeness (QED) is 0.641. The predicted molar refractivity (Wildman–Crippen MR) is 121 cm³/mol. The van der Waals surface area contributed by atoms with Crippen LogP contribution in [0.15, 0.2) is 59.5 Å². The van der Waals surface area contributed by atoms with Crippen LogP contribution in [-0.4, -0.2) is 44.4 Å². The van der Waals surface area contributed by atoms with Crippen LogP contribution in [0, 0.1) is 5.92 Å². The van der Waals surface area contributed by atoms with Gasteiger partial charge in [0.15, 0.2) is 0 Å². The number of aryl methyl sites for hydroxylation is 1.